The van der Waals surface area contributed by atoms with Crippen LogP contribution in [-0.4, -0.2) is 14.5 Å². The number of halogens is 2. The van der Waals surface area contributed by atoms with Crippen molar-refractivity contribution in [1.82, 2.24) is 4.72 Å². The number of anilines is 1. The Morgan fingerprint density at radius 2 is 2.10 bits per heavy atom. The molecule has 0 amide bonds. The Balaban J connectivity index is 2.34. The van der Waals surface area contributed by atoms with Gasteiger partial charge in [0.15, 0.2) is 0 Å². The second-order valence-electron chi connectivity index (χ2n) is 5.86. The fourth-order valence-electron chi connectivity index (χ4n) is 2.55. The molecule has 0 heterocycles. The first-order chi connectivity index (χ1) is 9.13. The number of nitrogens with two attached hydrogens (primary N) is 1. The zero-order chi connectivity index (χ0) is 15.1. The third-order valence-electron chi connectivity index (χ3n) is 3.90. The fourth-order valence-corrected chi connectivity index (χ4v) is 4.54. The lowest BCUT2D eigenvalue weighted by atomic mass is 9.88. The topological polar surface area (TPSA) is 72.2 Å². The minimum atomic E-state index is -3.81. The maximum absolute atomic E-state index is 13.3. The molecular formula is C13H18ClFN2O2S. The molecule has 1 atom stereocenters. The molecule has 1 fully saturated rings. The van der Waals surface area contributed by atoms with Gasteiger partial charge in [0.25, 0.3) is 0 Å². The molecule has 1 aliphatic carbocycles. The molecule has 3 N–H and O–H groups in total. The van der Waals surface area contributed by atoms with Crippen LogP contribution in [0.5, 0.6) is 0 Å². The Bertz CT molecular complexity index is 632. The van der Waals surface area contributed by atoms with Crippen molar-refractivity contribution in [1.29, 1.82) is 0 Å². The van der Waals surface area contributed by atoms with E-state index in [1.807, 2.05) is 13.8 Å². The van der Waals surface area contributed by atoms with Gasteiger partial charge in [0.05, 0.1) is 10.7 Å². The summed E-state index contributed by atoms with van der Waals surface area (Å²) in [5.41, 5.74) is 5.08. The lowest BCUT2D eigenvalue weighted by Gasteiger charge is -2.27. The van der Waals surface area contributed by atoms with Gasteiger partial charge in [-0.15, -0.1) is 0 Å². The molecule has 0 aliphatic heterocycles. The van der Waals surface area contributed by atoms with Gasteiger partial charge in [-0.05, 0) is 30.4 Å². The van der Waals surface area contributed by atoms with Crippen molar-refractivity contribution < 1.29 is 12.8 Å². The molecule has 0 radical (unpaired) electrons. The first-order valence-electron chi connectivity index (χ1n) is 6.40. The van der Waals surface area contributed by atoms with Gasteiger partial charge < -0.3 is 5.73 Å². The Labute approximate surface area is 123 Å². The number of benzene rings is 1. The summed E-state index contributed by atoms with van der Waals surface area (Å²) in [6.45, 7) is 4.04. The van der Waals surface area contributed by atoms with E-state index in [1.165, 1.54) is 0 Å². The highest BCUT2D eigenvalue weighted by Crippen LogP contribution is 2.38. The Hall–Kier alpha value is -0.850. The minimum absolute atomic E-state index is 0.106. The predicted molar refractivity (Wildman–Crippen MR) is 77.6 cm³/mol. The molecule has 112 valence electrons. The van der Waals surface area contributed by atoms with Crippen molar-refractivity contribution in [2.45, 2.75) is 44.0 Å². The fraction of sp³-hybridized carbons (Fsp3) is 0.538. The molecule has 0 aromatic heterocycles. The first kappa shape index (κ1) is 15.5. The van der Waals surface area contributed by atoms with Gasteiger partial charge in [-0.25, -0.2) is 17.5 Å². The number of hydrogen-bond acceptors (Lipinski definition) is 3. The van der Waals surface area contributed by atoms with Gasteiger partial charge in [0.1, 0.15) is 10.7 Å². The summed E-state index contributed by atoms with van der Waals surface area (Å²) in [6, 6.07) is 1.82. The van der Waals surface area contributed by atoms with E-state index < -0.39 is 15.8 Å². The summed E-state index contributed by atoms with van der Waals surface area (Å²) in [4.78, 5) is -0.180. The summed E-state index contributed by atoms with van der Waals surface area (Å²) in [5, 5.41) is -0.167. The quantitative estimate of drug-likeness (QED) is 0.841. The van der Waals surface area contributed by atoms with Crippen LogP contribution in [0.15, 0.2) is 17.0 Å². The summed E-state index contributed by atoms with van der Waals surface area (Å²) in [6.07, 6.45) is 2.71. The average Bonchev–Trinajstić information content (AvgIpc) is 2.62. The smallest absolute Gasteiger partial charge is 0.242 e. The van der Waals surface area contributed by atoms with Crippen LogP contribution in [0, 0.1) is 11.2 Å². The molecule has 1 aromatic carbocycles. The molecule has 0 spiro atoms. The summed E-state index contributed by atoms with van der Waals surface area (Å²) in [5.74, 6) is -0.727. The van der Waals surface area contributed by atoms with E-state index in [0.717, 1.165) is 31.4 Å². The van der Waals surface area contributed by atoms with Gasteiger partial charge in [-0.3, -0.25) is 0 Å². The van der Waals surface area contributed by atoms with Crippen molar-refractivity contribution >= 4 is 27.3 Å². The molecule has 0 bridgehead atoms. The predicted octanol–water partition coefficient (Wildman–Crippen LogP) is 2.92. The molecule has 2 rings (SSSR count). The van der Waals surface area contributed by atoms with Crippen LogP contribution < -0.4 is 10.5 Å². The van der Waals surface area contributed by atoms with Crippen LogP contribution in [0.1, 0.15) is 33.1 Å². The second kappa shape index (κ2) is 5.16. The van der Waals surface area contributed by atoms with Crippen molar-refractivity contribution in [2.75, 3.05) is 5.73 Å². The zero-order valence-corrected chi connectivity index (χ0v) is 13.0. The maximum Gasteiger partial charge on any atom is 0.242 e. The highest BCUT2D eigenvalue weighted by molar-refractivity contribution is 7.89. The standard InChI is InChI=1S/C13H18ClFN2O2S/c1-13(2)5-3-4-12(13)17-20(18,19)11-7-10(16)9(15)6-8(11)14/h6-7,12,17H,3-5,16H2,1-2H3. The molecule has 7 heteroatoms. The van der Waals surface area contributed by atoms with E-state index in [2.05, 4.69) is 4.72 Å². The molecule has 1 unspecified atom stereocenters. The van der Waals surface area contributed by atoms with Gasteiger partial charge in [0.2, 0.25) is 10.0 Å². The van der Waals surface area contributed by atoms with Crippen LogP contribution in [0.2, 0.25) is 5.02 Å². The van der Waals surface area contributed by atoms with Gasteiger partial charge >= 0.3 is 0 Å². The number of sulfonamides is 1. The minimum Gasteiger partial charge on any atom is -0.396 e. The van der Waals surface area contributed by atoms with Crippen molar-refractivity contribution in [3.63, 3.8) is 0 Å². The maximum atomic E-state index is 13.3. The highest BCUT2D eigenvalue weighted by Gasteiger charge is 2.37. The Morgan fingerprint density at radius 1 is 1.45 bits per heavy atom. The molecule has 1 saturated carbocycles. The molecule has 1 aliphatic rings. The Kier molecular flexibility index (Phi) is 4.01. The second-order valence-corrected chi connectivity index (χ2v) is 7.95. The van der Waals surface area contributed by atoms with E-state index >= 15 is 0 Å². The molecular weight excluding hydrogens is 303 g/mol. The van der Waals surface area contributed by atoms with Crippen LogP contribution in [0.4, 0.5) is 10.1 Å². The summed E-state index contributed by atoms with van der Waals surface area (Å²) < 4.78 is 40.7. The van der Waals surface area contributed by atoms with Crippen molar-refractivity contribution in [2.24, 2.45) is 5.41 Å². The summed E-state index contributed by atoms with van der Waals surface area (Å²) >= 11 is 5.83. The lowest BCUT2D eigenvalue weighted by molar-refractivity contribution is 0.313. The van der Waals surface area contributed by atoms with Gasteiger partial charge in [-0.2, -0.15) is 0 Å². The largest absolute Gasteiger partial charge is 0.396 e. The molecule has 0 saturated heterocycles. The number of rotatable bonds is 3. The van der Waals surface area contributed by atoms with E-state index in [1.54, 1.807) is 0 Å². The number of nitrogen functional groups attached to an aromatic ring is 1. The van der Waals surface area contributed by atoms with E-state index in [-0.39, 0.29) is 27.1 Å². The molecule has 4 nitrogen and oxygen atoms in total. The van der Waals surface area contributed by atoms with Gasteiger partial charge in [0, 0.05) is 6.04 Å². The van der Waals surface area contributed by atoms with Crippen molar-refractivity contribution in [3.05, 3.63) is 23.0 Å². The van der Waals surface area contributed by atoms with Gasteiger partial charge in [-0.1, -0.05) is 31.9 Å². The normalized spacial score (nSPS) is 22.1. The average molecular weight is 321 g/mol. The Morgan fingerprint density at radius 3 is 2.65 bits per heavy atom. The third kappa shape index (κ3) is 2.92. The monoisotopic (exact) mass is 320 g/mol. The SMILES string of the molecule is CC1(C)CCCC1NS(=O)(=O)c1cc(N)c(F)cc1Cl. The third-order valence-corrected chi connectivity index (χ3v) is 5.83. The lowest BCUT2D eigenvalue weighted by Crippen LogP contribution is -2.41. The molecule has 20 heavy (non-hydrogen) atoms. The number of nitrogens with one attached hydrogen (secondary N) is 1. The highest BCUT2D eigenvalue weighted by atomic mass is 35.5. The summed E-state index contributed by atoms with van der Waals surface area (Å²) in [7, 11) is -3.81. The van der Waals surface area contributed by atoms with Crippen LogP contribution >= 0.6 is 11.6 Å². The van der Waals surface area contributed by atoms with Crippen LogP contribution in [-0.2, 0) is 10.0 Å². The molecule has 1 aromatic rings. The first-order valence-corrected chi connectivity index (χ1v) is 8.26. The van der Waals surface area contributed by atoms with E-state index in [4.69, 9.17) is 17.3 Å². The van der Waals surface area contributed by atoms with Crippen LogP contribution in [0.3, 0.4) is 0 Å². The van der Waals surface area contributed by atoms with Crippen LogP contribution in [0.25, 0.3) is 0 Å². The van der Waals surface area contributed by atoms with Crippen molar-refractivity contribution in [3.8, 4) is 0 Å². The zero-order valence-electron chi connectivity index (χ0n) is 11.4. The van der Waals surface area contributed by atoms with E-state index in [9.17, 15) is 12.8 Å². The van der Waals surface area contributed by atoms with E-state index in [0.29, 0.717) is 0 Å². The number of hydrogen-bond donors (Lipinski definition) is 2.